The number of likely N-dealkylation sites (tertiary alicyclic amines) is 1. The number of carbonyl (C=O) groups excluding carboxylic acids is 1. The summed E-state index contributed by atoms with van der Waals surface area (Å²) in [6, 6.07) is 15.2. The lowest BCUT2D eigenvalue weighted by atomic mass is 9.88. The van der Waals surface area contributed by atoms with E-state index in [1.54, 1.807) is 18.6 Å². The van der Waals surface area contributed by atoms with E-state index >= 15 is 0 Å². The van der Waals surface area contributed by atoms with Gasteiger partial charge in [-0.3, -0.25) is 9.36 Å². The molecule has 1 amide bonds. The predicted molar refractivity (Wildman–Crippen MR) is 141 cm³/mol. The SMILES string of the molecule is CCN1CCC(Cc2ccc(NC(=O)Cc3ccc(-n4cnc5cccnc54)cc3)cc2C(F)(F)F)CC1. The molecule has 1 N–H and O–H groups in total. The van der Waals surface area contributed by atoms with Gasteiger partial charge in [-0.1, -0.05) is 25.1 Å². The fourth-order valence-electron chi connectivity index (χ4n) is 5.12. The van der Waals surface area contributed by atoms with Crippen LogP contribution in [-0.2, 0) is 23.8 Å². The van der Waals surface area contributed by atoms with Gasteiger partial charge in [0.1, 0.15) is 11.8 Å². The summed E-state index contributed by atoms with van der Waals surface area (Å²) in [5, 5.41) is 2.64. The first-order chi connectivity index (χ1) is 18.3. The normalized spacial score (nSPS) is 15.2. The third-order valence-corrected chi connectivity index (χ3v) is 7.25. The fourth-order valence-corrected chi connectivity index (χ4v) is 5.12. The maximum atomic E-state index is 13.9. The van der Waals surface area contributed by atoms with Crippen LogP contribution in [0, 0.1) is 5.92 Å². The van der Waals surface area contributed by atoms with Crippen molar-refractivity contribution in [2.75, 3.05) is 25.0 Å². The molecule has 6 nitrogen and oxygen atoms in total. The molecule has 2 aromatic heterocycles. The number of anilines is 1. The number of benzene rings is 2. The minimum atomic E-state index is -4.48. The zero-order valence-electron chi connectivity index (χ0n) is 21.2. The Morgan fingerprint density at radius 3 is 2.53 bits per heavy atom. The van der Waals surface area contributed by atoms with Crippen molar-refractivity contribution in [1.82, 2.24) is 19.4 Å². The number of hydrogen-bond acceptors (Lipinski definition) is 4. The summed E-state index contributed by atoms with van der Waals surface area (Å²) in [6.07, 6.45) is 1.15. The Bertz CT molecular complexity index is 1410. The molecule has 3 heterocycles. The van der Waals surface area contributed by atoms with Crippen molar-refractivity contribution >= 4 is 22.8 Å². The van der Waals surface area contributed by atoms with Crippen LogP contribution in [-0.4, -0.2) is 45.0 Å². The first kappa shape index (κ1) is 25.9. The number of aromatic nitrogens is 3. The standard InChI is InChI=1S/C29H30F3N5O/c1-2-36-14-11-21(12-15-36)16-22-7-8-23(18-25(22)29(30,31)32)35-27(38)17-20-5-9-24(10-6-20)37-19-34-26-4-3-13-33-28(26)37/h3-10,13,18-19,21H,2,11-12,14-17H2,1H3,(H,35,38). The first-order valence-corrected chi connectivity index (χ1v) is 12.9. The highest BCUT2D eigenvalue weighted by molar-refractivity contribution is 5.92. The summed E-state index contributed by atoms with van der Waals surface area (Å²) in [7, 11) is 0. The third-order valence-electron chi connectivity index (χ3n) is 7.25. The summed E-state index contributed by atoms with van der Waals surface area (Å²) in [4.78, 5) is 23.7. The third kappa shape index (κ3) is 5.88. The predicted octanol–water partition coefficient (Wildman–Crippen LogP) is 5.89. The summed E-state index contributed by atoms with van der Waals surface area (Å²) < 4.78 is 43.6. The van der Waals surface area contributed by atoms with Crippen molar-refractivity contribution in [3.63, 3.8) is 0 Å². The molecule has 0 radical (unpaired) electrons. The number of halogens is 3. The van der Waals surface area contributed by atoms with Gasteiger partial charge < -0.3 is 10.2 Å². The van der Waals surface area contributed by atoms with Gasteiger partial charge in [0.05, 0.1) is 12.0 Å². The summed E-state index contributed by atoms with van der Waals surface area (Å²) in [5.41, 5.74) is 2.88. The molecule has 1 aliphatic rings. The van der Waals surface area contributed by atoms with Crippen molar-refractivity contribution in [2.45, 2.75) is 38.8 Å². The van der Waals surface area contributed by atoms with Crippen LogP contribution in [0.3, 0.4) is 0 Å². The number of alkyl halides is 3. The van der Waals surface area contributed by atoms with Crippen molar-refractivity contribution in [3.05, 3.63) is 83.8 Å². The number of piperidine rings is 1. The number of fused-ring (bicyclic) bond motifs is 1. The number of carbonyl (C=O) groups is 1. The van der Waals surface area contributed by atoms with E-state index in [2.05, 4.69) is 27.1 Å². The lowest BCUT2D eigenvalue weighted by molar-refractivity contribution is -0.138. The molecule has 0 aliphatic carbocycles. The van der Waals surface area contributed by atoms with Crippen LogP contribution in [0.25, 0.3) is 16.9 Å². The molecular weight excluding hydrogens is 491 g/mol. The van der Waals surface area contributed by atoms with E-state index in [9.17, 15) is 18.0 Å². The first-order valence-electron chi connectivity index (χ1n) is 12.9. The summed E-state index contributed by atoms with van der Waals surface area (Å²) in [6.45, 7) is 4.92. The molecule has 1 aliphatic heterocycles. The van der Waals surface area contributed by atoms with Crippen molar-refractivity contribution in [3.8, 4) is 5.69 Å². The highest BCUT2D eigenvalue weighted by atomic mass is 19.4. The monoisotopic (exact) mass is 521 g/mol. The molecular formula is C29H30F3N5O. The molecule has 1 fully saturated rings. The number of amides is 1. The molecule has 0 spiro atoms. The molecule has 0 unspecified atom stereocenters. The van der Waals surface area contributed by atoms with E-state index in [1.165, 1.54) is 6.07 Å². The molecule has 0 atom stereocenters. The second-order valence-electron chi connectivity index (χ2n) is 9.80. The molecule has 5 rings (SSSR count). The zero-order valence-corrected chi connectivity index (χ0v) is 21.2. The Balaban J connectivity index is 1.24. The average Bonchev–Trinajstić information content (AvgIpc) is 3.34. The zero-order chi connectivity index (χ0) is 26.7. The van der Waals surface area contributed by atoms with Gasteiger partial charge in [0.15, 0.2) is 5.65 Å². The van der Waals surface area contributed by atoms with Crippen molar-refractivity contribution in [2.24, 2.45) is 5.92 Å². The van der Waals surface area contributed by atoms with Gasteiger partial charge in [-0.25, -0.2) is 9.97 Å². The maximum Gasteiger partial charge on any atom is 0.416 e. The molecule has 0 saturated carbocycles. The van der Waals surface area contributed by atoms with Crippen LogP contribution < -0.4 is 5.32 Å². The molecule has 4 aromatic rings. The molecule has 0 bridgehead atoms. The fraction of sp³-hybridized carbons (Fsp3) is 0.345. The minimum absolute atomic E-state index is 0.0440. The van der Waals surface area contributed by atoms with Gasteiger partial charge in [-0.15, -0.1) is 0 Å². The Kier molecular flexibility index (Phi) is 7.46. The van der Waals surface area contributed by atoms with Crippen LogP contribution in [0.2, 0.25) is 0 Å². The minimum Gasteiger partial charge on any atom is -0.326 e. The lowest BCUT2D eigenvalue weighted by Crippen LogP contribution is -2.34. The highest BCUT2D eigenvalue weighted by Gasteiger charge is 2.34. The summed E-state index contributed by atoms with van der Waals surface area (Å²) >= 11 is 0. The number of nitrogens with zero attached hydrogens (tertiary/aromatic N) is 4. The second-order valence-corrected chi connectivity index (χ2v) is 9.80. The smallest absolute Gasteiger partial charge is 0.326 e. The molecule has 198 valence electrons. The topological polar surface area (TPSA) is 63.1 Å². The summed E-state index contributed by atoms with van der Waals surface area (Å²) in [5.74, 6) is -0.140. The molecule has 1 saturated heterocycles. The van der Waals surface area contributed by atoms with E-state index in [4.69, 9.17) is 0 Å². The van der Waals surface area contributed by atoms with Crippen LogP contribution in [0.5, 0.6) is 0 Å². The van der Waals surface area contributed by atoms with E-state index < -0.39 is 11.7 Å². The highest BCUT2D eigenvalue weighted by Crippen LogP contribution is 2.36. The van der Waals surface area contributed by atoms with Gasteiger partial charge in [0.2, 0.25) is 5.91 Å². The van der Waals surface area contributed by atoms with Crippen LogP contribution >= 0.6 is 0 Å². The number of hydrogen-bond donors (Lipinski definition) is 1. The Hall–Kier alpha value is -3.72. The Labute approximate surface area is 219 Å². The van der Waals surface area contributed by atoms with Gasteiger partial charge >= 0.3 is 6.18 Å². The Morgan fingerprint density at radius 2 is 1.82 bits per heavy atom. The number of imidazole rings is 1. The van der Waals surface area contributed by atoms with E-state index in [0.717, 1.165) is 61.0 Å². The van der Waals surface area contributed by atoms with Crippen molar-refractivity contribution in [1.29, 1.82) is 0 Å². The molecule has 38 heavy (non-hydrogen) atoms. The van der Waals surface area contributed by atoms with Gasteiger partial charge in [0, 0.05) is 17.6 Å². The van der Waals surface area contributed by atoms with E-state index in [-0.39, 0.29) is 23.9 Å². The van der Waals surface area contributed by atoms with E-state index in [0.29, 0.717) is 12.0 Å². The van der Waals surface area contributed by atoms with Crippen LogP contribution in [0.15, 0.2) is 67.1 Å². The average molecular weight is 522 g/mol. The van der Waals surface area contributed by atoms with Crippen LogP contribution in [0.1, 0.15) is 36.5 Å². The largest absolute Gasteiger partial charge is 0.416 e. The van der Waals surface area contributed by atoms with Gasteiger partial charge in [0.25, 0.3) is 0 Å². The second kappa shape index (κ2) is 10.9. The quantitative estimate of drug-likeness (QED) is 0.329. The number of pyridine rings is 1. The molecule has 2 aromatic carbocycles. The lowest BCUT2D eigenvalue weighted by Gasteiger charge is -2.31. The number of rotatable bonds is 7. The maximum absolute atomic E-state index is 13.9. The van der Waals surface area contributed by atoms with Gasteiger partial charge in [-0.05, 0) is 92.3 Å². The van der Waals surface area contributed by atoms with E-state index in [1.807, 2.05) is 41.0 Å². The van der Waals surface area contributed by atoms with Crippen molar-refractivity contribution < 1.29 is 18.0 Å². The van der Waals surface area contributed by atoms with Crippen LogP contribution in [0.4, 0.5) is 18.9 Å². The Morgan fingerprint density at radius 1 is 1.05 bits per heavy atom. The van der Waals surface area contributed by atoms with Gasteiger partial charge in [-0.2, -0.15) is 13.2 Å². The number of nitrogens with one attached hydrogen (secondary N) is 1. The molecule has 9 heteroatoms.